The second kappa shape index (κ2) is 5.66. The molecule has 3 unspecified atom stereocenters. The van der Waals surface area contributed by atoms with Crippen molar-refractivity contribution >= 4 is 15.9 Å². The Morgan fingerprint density at radius 2 is 2.20 bits per heavy atom. The van der Waals surface area contributed by atoms with Gasteiger partial charge in [-0.05, 0) is 37.0 Å². The summed E-state index contributed by atoms with van der Waals surface area (Å²) in [7, 11) is 0. The van der Waals surface area contributed by atoms with E-state index in [4.69, 9.17) is 10.5 Å². The van der Waals surface area contributed by atoms with Gasteiger partial charge in [-0.25, -0.2) is 0 Å². The average molecular weight is 339 g/mol. The fourth-order valence-electron chi connectivity index (χ4n) is 3.38. The Labute approximate surface area is 129 Å². The lowest BCUT2D eigenvalue weighted by Gasteiger charge is -2.41. The summed E-state index contributed by atoms with van der Waals surface area (Å²) in [6.45, 7) is 7.41. The number of halogens is 1. The van der Waals surface area contributed by atoms with E-state index in [0.29, 0.717) is 18.0 Å². The van der Waals surface area contributed by atoms with Gasteiger partial charge in [-0.15, -0.1) is 0 Å². The van der Waals surface area contributed by atoms with Crippen molar-refractivity contribution in [2.24, 2.45) is 11.7 Å². The summed E-state index contributed by atoms with van der Waals surface area (Å²) in [5.41, 5.74) is 8.82. The Bertz CT molecular complexity index is 505. The van der Waals surface area contributed by atoms with E-state index in [9.17, 15) is 0 Å². The molecule has 2 aliphatic rings. The third-order valence-electron chi connectivity index (χ3n) is 4.96. The SMILES string of the molecule is CC1C(N)CCN(Cc2cc(Br)cc3c2OCC3)C1C. The van der Waals surface area contributed by atoms with Gasteiger partial charge in [0.1, 0.15) is 5.75 Å². The molecular formula is C16H23BrN2O. The van der Waals surface area contributed by atoms with Crippen LogP contribution in [0.1, 0.15) is 31.4 Å². The molecule has 20 heavy (non-hydrogen) atoms. The van der Waals surface area contributed by atoms with Gasteiger partial charge in [0.05, 0.1) is 6.61 Å². The van der Waals surface area contributed by atoms with Crippen molar-refractivity contribution in [2.75, 3.05) is 13.2 Å². The molecule has 0 saturated carbocycles. The number of hydrogen-bond acceptors (Lipinski definition) is 3. The van der Waals surface area contributed by atoms with E-state index >= 15 is 0 Å². The van der Waals surface area contributed by atoms with Crippen LogP contribution >= 0.6 is 15.9 Å². The van der Waals surface area contributed by atoms with Gasteiger partial charge >= 0.3 is 0 Å². The van der Waals surface area contributed by atoms with Gasteiger partial charge in [0.15, 0.2) is 0 Å². The molecule has 0 radical (unpaired) electrons. The van der Waals surface area contributed by atoms with E-state index in [1.165, 1.54) is 11.1 Å². The van der Waals surface area contributed by atoms with E-state index in [1.54, 1.807) is 0 Å². The van der Waals surface area contributed by atoms with Crippen LogP contribution < -0.4 is 10.5 Å². The molecule has 2 N–H and O–H groups in total. The number of fused-ring (bicyclic) bond motifs is 1. The predicted octanol–water partition coefficient (Wildman–Crippen LogP) is 2.94. The maximum absolute atomic E-state index is 6.18. The summed E-state index contributed by atoms with van der Waals surface area (Å²) in [5.74, 6) is 1.66. The van der Waals surface area contributed by atoms with Crippen molar-refractivity contribution in [3.05, 3.63) is 27.7 Å². The predicted molar refractivity (Wildman–Crippen MR) is 85.0 cm³/mol. The zero-order valence-corrected chi connectivity index (χ0v) is 13.8. The Hall–Kier alpha value is -0.580. The number of benzene rings is 1. The van der Waals surface area contributed by atoms with Crippen LogP contribution in [0.15, 0.2) is 16.6 Å². The van der Waals surface area contributed by atoms with Gasteiger partial charge < -0.3 is 10.5 Å². The highest BCUT2D eigenvalue weighted by Crippen LogP contribution is 2.35. The molecule has 4 heteroatoms. The zero-order valence-electron chi connectivity index (χ0n) is 12.2. The summed E-state index contributed by atoms with van der Waals surface area (Å²) in [6, 6.07) is 5.25. The number of hydrogen-bond donors (Lipinski definition) is 1. The summed E-state index contributed by atoms with van der Waals surface area (Å²) in [6.07, 6.45) is 2.11. The van der Waals surface area contributed by atoms with Gasteiger partial charge in [-0.2, -0.15) is 0 Å². The maximum Gasteiger partial charge on any atom is 0.127 e. The second-order valence-corrected chi connectivity index (χ2v) is 7.09. The van der Waals surface area contributed by atoms with Crippen LogP contribution in [0.2, 0.25) is 0 Å². The highest BCUT2D eigenvalue weighted by atomic mass is 79.9. The molecule has 1 saturated heterocycles. The smallest absolute Gasteiger partial charge is 0.127 e. The topological polar surface area (TPSA) is 38.5 Å². The van der Waals surface area contributed by atoms with Crippen molar-refractivity contribution in [2.45, 2.75) is 45.3 Å². The van der Waals surface area contributed by atoms with E-state index in [2.05, 4.69) is 46.8 Å². The van der Waals surface area contributed by atoms with Crippen molar-refractivity contribution < 1.29 is 4.74 Å². The summed E-state index contributed by atoms with van der Waals surface area (Å²) in [5, 5.41) is 0. The van der Waals surface area contributed by atoms with Crippen LogP contribution in [0.3, 0.4) is 0 Å². The molecule has 2 aliphatic heterocycles. The first-order valence-corrected chi connectivity index (χ1v) is 8.29. The number of likely N-dealkylation sites (tertiary alicyclic amines) is 1. The highest BCUT2D eigenvalue weighted by molar-refractivity contribution is 9.10. The fraction of sp³-hybridized carbons (Fsp3) is 0.625. The number of nitrogens with two attached hydrogens (primary N) is 1. The minimum Gasteiger partial charge on any atom is -0.493 e. The van der Waals surface area contributed by atoms with Crippen LogP contribution in [0.5, 0.6) is 5.75 Å². The molecule has 0 amide bonds. The molecule has 0 aliphatic carbocycles. The minimum absolute atomic E-state index is 0.339. The number of piperidine rings is 1. The molecule has 3 rings (SSSR count). The molecule has 2 heterocycles. The van der Waals surface area contributed by atoms with E-state index in [-0.39, 0.29) is 0 Å². The first kappa shape index (κ1) is 14.4. The maximum atomic E-state index is 6.18. The summed E-state index contributed by atoms with van der Waals surface area (Å²) >= 11 is 3.62. The molecule has 0 spiro atoms. The van der Waals surface area contributed by atoms with E-state index in [0.717, 1.165) is 42.8 Å². The van der Waals surface area contributed by atoms with Crippen molar-refractivity contribution in [1.29, 1.82) is 0 Å². The lowest BCUT2D eigenvalue weighted by atomic mass is 9.87. The highest BCUT2D eigenvalue weighted by Gasteiger charge is 2.31. The Kier molecular flexibility index (Phi) is 4.07. The van der Waals surface area contributed by atoms with Gasteiger partial charge in [-0.1, -0.05) is 22.9 Å². The number of ether oxygens (including phenoxy) is 1. The van der Waals surface area contributed by atoms with Gasteiger partial charge in [-0.3, -0.25) is 4.90 Å². The van der Waals surface area contributed by atoms with E-state index < -0.39 is 0 Å². The van der Waals surface area contributed by atoms with Crippen LogP contribution in [0.4, 0.5) is 0 Å². The van der Waals surface area contributed by atoms with Crippen molar-refractivity contribution in [3.63, 3.8) is 0 Å². The van der Waals surface area contributed by atoms with Gasteiger partial charge in [0, 0.05) is 41.6 Å². The first-order chi connectivity index (χ1) is 9.56. The molecular weight excluding hydrogens is 316 g/mol. The van der Waals surface area contributed by atoms with Crippen molar-refractivity contribution in [1.82, 2.24) is 4.90 Å². The monoisotopic (exact) mass is 338 g/mol. The average Bonchev–Trinajstić information content (AvgIpc) is 2.87. The molecule has 3 nitrogen and oxygen atoms in total. The minimum atomic E-state index is 0.339. The van der Waals surface area contributed by atoms with Crippen LogP contribution in [-0.2, 0) is 13.0 Å². The normalized spacial score (nSPS) is 30.1. The number of rotatable bonds is 2. The molecule has 0 aromatic heterocycles. The molecule has 3 atom stereocenters. The largest absolute Gasteiger partial charge is 0.493 e. The quantitative estimate of drug-likeness (QED) is 0.900. The fourth-order valence-corrected chi connectivity index (χ4v) is 3.93. The molecule has 110 valence electrons. The van der Waals surface area contributed by atoms with Gasteiger partial charge in [0.2, 0.25) is 0 Å². The molecule has 0 bridgehead atoms. The Balaban J connectivity index is 1.82. The molecule has 1 aromatic rings. The Morgan fingerprint density at radius 1 is 1.40 bits per heavy atom. The lowest BCUT2D eigenvalue weighted by molar-refractivity contribution is 0.0901. The standard InChI is InChI=1S/C16H23BrN2O/c1-10-11(2)19(5-3-15(10)18)9-13-8-14(17)7-12-4-6-20-16(12)13/h7-8,10-11,15H,3-6,9,18H2,1-2H3. The van der Waals surface area contributed by atoms with Crippen LogP contribution in [-0.4, -0.2) is 30.1 Å². The lowest BCUT2D eigenvalue weighted by Crippen LogP contribution is -2.51. The van der Waals surface area contributed by atoms with Crippen molar-refractivity contribution in [3.8, 4) is 5.75 Å². The number of nitrogens with zero attached hydrogens (tertiary/aromatic N) is 1. The summed E-state index contributed by atoms with van der Waals surface area (Å²) < 4.78 is 7.00. The van der Waals surface area contributed by atoms with E-state index in [1.807, 2.05) is 0 Å². The Morgan fingerprint density at radius 3 is 3.00 bits per heavy atom. The van der Waals surface area contributed by atoms with Crippen LogP contribution in [0.25, 0.3) is 0 Å². The zero-order chi connectivity index (χ0) is 14.3. The molecule has 1 fully saturated rings. The third kappa shape index (κ3) is 2.61. The second-order valence-electron chi connectivity index (χ2n) is 6.17. The first-order valence-electron chi connectivity index (χ1n) is 7.50. The summed E-state index contributed by atoms with van der Waals surface area (Å²) in [4.78, 5) is 2.54. The molecule has 1 aromatic carbocycles. The van der Waals surface area contributed by atoms with Crippen LogP contribution in [0, 0.1) is 5.92 Å². The third-order valence-corrected chi connectivity index (χ3v) is 5.42. The van der Waals surface area contributed by atoms with Gasteiger partial charge in [0.25, 0.3) is 0 Å².